The Kier molecular flexibility index (Phi) is 9.57. The zero-order chi connectivity index (χ0) is 21.3. The van der Waals surface area contributed by atoms with Crippen molar-refractivity contribution in [3.63, 3.8) is 0 Å². The van der Waals surface area contributed by atoms with Crippen LogP contribution in [0.4, 0.5) is 0 Å². The number of unbranched alkanes of at least 4 members (excludes halogenated alkanes) is 1. The molecule has 160 valence electrons. The molecule has 2 unspecified atom stereocenters. The lowest BCUT2D eigenvalue weighted by Crippen LogP contribution is -2.17. The molecule has 1 heterocycles. The van der Waals surface area contributed by atoms with Gasteiger partial charge in [-0.1, -0.05) is 54.7 Å². The Morgan fingerprint density at radius 3 is 2.93 bits per heavy atom. The number of hydrogen-bond donors (Lipinski definition) is 1. The van der Waals surface area contributed by atoms with Crippen molar-refractivity contribution in [1.82, 2.24) is 0 Å². The first-order valence-electron chi connectivity index (χ1n) is 10.3. The summed E-state index contributed by atoms with van der Waals surface area (Å²) in [5.41, 5.74) is 1.27. The second-order valence-corrected chi connectivity index (χ2v) is 10.5. The van der Waals surface area contributed by atoms with E-state index in [2.05, 4.69) is 83.3 Å². The number of carboxylic acid groups (broad SMARTS) is 1. The summed E-state index contributed by atoms with van der Waals surface area (Å²) in [5, 5.41) is 10.1. The van der Waals surface area contributed by atoms with Crippen molar-refractivity contribution >= 4 is 55.9 Å². The van der Waals surface area contributed by atoms with Crippen molar-refractivity contribution in [2.75, 3.05) is 0 Å². The van der Waals surface area contributed by atoms with E-state index in [-0.39, 0.29) is 12.5 Å². The third-order valence-electron chi connectivity index (χ3n) is 5.55. The minimum Gasteiger partial charge on any atom is -0.481 e. The molecule has 2 aromatic rings. The van der Waals surface area contributed by atoms with Crippen molar-refractivity contribution < 1.29 is 14.4 Å². The molecule has 6 heteroatoms. The summed E-state index contributed by atoms with van der Waals surface area (Å²) >= 11 is 4.16. The fourth-order valence-electron chi connectivity index (χ4n) is 4.05. The van der Waals surface area contributed by atoms with Gasteiger partial charge in [-0.05, 0) is 77.6 Å². The molecular formula is C24H28IO3PS. The van der Waals surface area contributed by atoms with Crippen LogP contribution in [0.5, 0.6) is 0 Å². The summed E-state index contributed by atoms with van der Waals surface area (Å²) in [6.07, 6.45) is 13.7. The summed E-state index contributed by atoms with van der Waals surface area (Å²) < 4.78 is 7.39. The van der Waals surface area contributed by atoms with Crippen LogP contribution in [0.25, 0.3) is 10.1 Å². The highest BCUT2D eigenvalue weighted by Gasteiger charge is 2.37. The minimum atomic E-state index is -0.726. The van der Waals surface area contributed by atoms with Crippen LogP contribution in [-0.4, -0.2) is 17.2 Å². The zero-order valence-corrected chi connectivity index (χ0v) is 20.9. The molecule has 0 spiro atoms. The molecule has 0 saturated heterocycles. The van der Waals surface area contributed by atoms with Crippen molar-refractivity contribution in [3.05, 3.63) is 71.7 Å². The fraction of sp³-hybridized carbons (Fsp3) is 0.375. The van der Waals surface area contributed by atoms with Gasteiger partial charge >= 0.3 is 5.97 Å². The second kappa shape index (κ2) is 12.1. The maximum Gasteiger partial charge on any atom is 0.303 e. The van der Waals surface area contributed by atoms with Crippen LogP contribution >= 0.6 is 39.8 Å². The first kappa shape index (κ1) is 23.6. The predicted octanol–water partition coefficient (Wildman–Crippen LogP) is 7.72. The Morgan fingerprint density at radius 1 is 1.33 bits per heavy atom. The summed E-state index contributed by atoms with van der Waals surface area (Å²) in [7, 11) is 0. The van der Waals surface area contributed by atoms with Gasteiger partial charge in [0.15, 0.2) is 0 Å². The van der Waals surface area contributed by atoms with Gasteiger partial charge in [-0.15, -0.1) is 11.3 Å². The van der Waals surface area contributed by atoms with E-state index in [0.29, 0.717) is 24.7 Å². The molecule has 1 N–H and O–H groups in total. The summed E-state index contributed by atoms with van der Waals surface area (Å²) in [5.74, 6) is 0.00553. The zero-order valence-electron chi connectivity index (χ0n) is 16.9. The lowest BCUT2D eigenvalue weighted by Gasteiger charge is -2.20. The molecule has 1 fully saturated rings. The van der Waals surface area contributed by atoms with Crippen LogP contribution in [0.2, 0.25) is 0 Å². The van der Waals surface area contributed by atoms with Crippen molar-refractivity contribution in [3.8, 4) is 0 Å². The van der Waals surface area contributed by atoms with Crippen LogP contribution < -0.4 is 0 Å². The van der Waals surface area contributed by atoms with Gasteiger partial charge in [0, 0.05) is 21.9 Å². The van der Waals surface area contributed by atoms with Gasteiger partial charge in [-0.2, -0.15) is 0 Å². The minimum absolute atomic E-state index is 0.205. The van der Waals surface area contributed by atoms with Gasteiger partial charge in [-0.25, -0.2) is 0 Å². The average Bonchev–Trinajstić information content (AvgIpc) is 3.25. The van der Waals surface area contributed by atoms with E-state index in [9.17, 15) is 4.79 Å². The van der Waals surface area contributed by atoms with E-state index in [4.69, 9.17) is 9.63 Å². The standard InChI is InChI=1S/C24H28IO3PS/c1-17-15-22(28-29-25)21(20(17)11-4-2-3-5-14-24(26)27)12-8-10-19-16-18-9-6-7-13-23(18)30-19/h2,4,6-9,12-13,16,20-22,29H,1,3,5,10-11,14-15H2,(H,26,27)/b4-2-,12-8+/t20-,21?,22+/m0/s1. The van der Waals surface area contributed by atoms with E-state index < -0.39 is 5.97 Å². The number of allylic oxidation sites excluding steroid dienone is 3. The van der Waals surface area contributed by atoms with Gasteiger partial charge in [0.25, 0.3) is 0 Å². The molecule has 0 bridgehead atoms. The number of carboxylic acids is 1. The molecule has 1 aromatic heterocycles. The third kappa shape index (κ3) is 6.74. The molecular weight excluding hydrogens is 526 g/mol. The number of halogens is 1. The van der Waals surface area contributed by atoms with Crippen LogP contribution in [0.3, 0.4) is 0 Å². The summed E-state index contributed by atoms with van der Waals surface area (Å²) in [6.45, 7) is 4.78. The van der Waals surface area contributed by atoms with Crippen molar-refractivity contribution in [2.45, 2.75) is 44.6 Å². The maximum atomic E-state index is 10.6. The monoisotopic (exact) mass is 554 g/mol. The first-order chi connectivity index (χ1) is 14.6. The van der Waals surface area contributed by atoms with Crippen molar-refractivity contribution in [2.24, 2.45) is 11.8 Å². The smallest absolute Gasteiger partial charge is 0.303 e. The van der Waals surface area contributed by atoms with Gasteiger partial charge in [0.2, 0.25) is 0 Å². The molecule has 30 heavy (non-hydrogen) atoms. The molecule has 1 aliphatic carbocycles. The van der Waals surface area contributed by atoms with Crippen LogP contribution in [0, 0.1) is 11.8 Å². The van der Waals surface area contributed by atoms with Crippen LogP contribution in [0.1, 0.15) is 37.0 Å². The Balaban J connectivity index is 1.61. The summed E-state index contributed by atoms with van der Waals surface area (Å²) in [6, 6.07) is 10.8. The SMILES string of the molecule is C=C1C[C@@H](OPI)C(/C=C/Cc2cc3ccccc3s2)[C@H]1C/C=C\CCCC(=O)O. The van der Waals surface area contributed by atoms with Gasteiger partial charge < -0.3 is 9.63 Å². The third-order valence-corrected chi connectivity index (χ3v) is 7.84. The Morgan fingerprint density at radius 2 is 2.17 bits per heavy atom. The number of aliphatic carboxylic acids is 1. The van der Waals surface area contributed by atoms with Crippen molar-refractivity contribution in [1.29, 1.82) is 0 Å². The highest BCUT2D eigenvalue weighted by atomic mass is 127. The number of rotatable bonds is 11. The number of fused-ring (bicyclic) bond motifs is 1. The lowest BCUT2D eigenvalue weighted by molar-refractivity contribution is -0.137. The largest absolute Gasteiger partial charge is 0.481 e. The molecule has 4 atom stereocenters. The topological polar surface area (TPSA) is 46.5 Å². The van der Waals surface area contributed by atoms with Crippen LogP contribution in [0.15, 0.2) is 66.8 Å². The highest BCUT2D eigenvalue weighted by molar-refractivity contribution is 14.2. The number of thiophene rings is 1. The van der Waals surface area contributed by atoms with E-state index in [1.54, 1.807) is 0 Å². The molecule has 0 amide bonds. The van der Waals surface area contributed by atoms with Gasteiger partial charge in [0.1, 0.15) is 0 Å². The molecule has 3 rings (SSSR count). The van der Waals surface area contributed by atoms with Crippen LogP contribution in [-0.2, 0) is 15.7 Å². The quantitative estimate of drug-likeness (QED) is 0.134. The molecule has 1 aromatic carbocycles. The molecule has 0 aliphatic heterocycles. The van der Waals surface area contributed by atoms with Gasteiger partial charge in [-0.3, -0.25) is 4.79 Å². The maximum absolute atomic E-state index is 10.6. The second-order valence-electron chi connectivity index (χ2n) is 7.66. The first-order valence-corrected chi connectivity index (χ1v) is 15.1. The average molecular weight is 554 g/mol. The molecule has 3 nitrogen and oxygen atoms in total. The predicted molar refractivity (Wildman–Crippen MR) is 138 cm³/mol. The van der Waals surface area contributed by atoms with Gasteiger partial charge in [0.05, 0.1) is 12.6 Å². The Hall–Kier alpha value is -1.01. The molecule has 0 radical (unpaired) electrons. The van der Waals surface area contributed by atoms with E-state index in [1.165, 1.54) is 20.5 Å². The van der Waals surface area contributed by atoms with E-state index >= 15 is 0 Å². The fourth-order valence-corrected chi connectivity index (χ4v) is 6.42. The number of carbonyl (C=O) groups is 1. The van der Waals surface area contributed by atoms with E-state index in [0.717, 1.165) is 25.7 Å². The van der Waals surface area contributed by atoms with E-state index in [1.807, 2.05) is 11.3 Å². The Bertz CT molecular complexity index is 887. The lowest BCUT2D eigenvalue weighted by atomic mass is 9.89. The number of hydrogen-bond acceptors (Lipinski definition) is 3. The summed E-state index contributed by atoms with van der Waals surface area (Å²) in [4.78, 5) is 12.0. The number of benzene rings is 1. The highest BCUT2D eigenvalue weighted by Crippen LogP contribution is 2.44. The molecule has 1 saturated carbocycles. The Labute approximate surface area is 197 Å². The normalized spacial score (nSPS) is 22.4. The molecule has 1 aliphatic rings.